The van der Waals surface area contributed by atoms with Crippen LogP contribution in [0.25, 0.3) is 11.4 Å². The van der Waals surface area contributed by atoms with Crippen LogP contribution in [0.5, 0.6) is 0 Å². The molecule has 90 valence electrons. The van der Waals surface area contributed by atoms with Crippen LogP contribution in [0.2, 0.25) is 0 Å². The fourth-order valence-corrected chi connectivity index (χ4v) is 1.84. The van der Waals surface area contributed by atoms with Crippen molar-refractivity contribution >= 4 is 5.82 Å². The van der Waals surface area contributed by atoms with Crippen LogP contribution in [-0.2, 0) is 6.54 Å². The fourth-order valence-electron chi connectivity index (χ4n) is 1.84. The van der Waals surface area contributed by atoms with Crippen LogP contribution in [0.3, 0.4) is 0 Å². The van der Waals surface area contributed by atoms with Gasteiger partial charge in [-0.25, -0.2) is 9.97 Å². The average molecular weight is 231 g/mol. The molecule has 0 fully saturated rings. The number of hydrogen-bond acceptors (Lipinski definition) is 4. The minimum Gasteiger partial charge on any atom is -0.370 e. The molecule has 0 bridgehead atoms. The minimum absolute atomic E-state index is 0.836. The van der Waals surface area contributed by atoms with Gasteiger partial charge >= 0.3 is 0 Å². The highest BCUT2D eigenvalue weighted by Gasteiger charge is 2.11. The molecule has 0 amide bonds. The van der Waals surface area contributed by atoms with Gasteiger partial charge in [0.15, 0.2) is 0 Å². The van der Waals surface area contributed by atoms with Gasteiger partial charge in [-0.15, -0.1) is 0 Å². The van der Waals surface area contributed by atoms with Crippen molar-refractivity contribution in [2.75, 3.05) is 11.9 Å². The molecule has 0 saturated carbocycles. The van der Waals surface area contributed by atoms with Gasteiger partial charge in [-0.1, -0.05) is 0 Å². The third-order valence-electron chi connectivity index (χ3n) is 2.69. The Morgan fingerprint density at radius 3 is 2.82 bits per heavy atom. The zero-order valence-electron chi connectivity index (χ0n) is 10.4. The zero-order chi connectivity index (χ0) is 12.3. The predicted molar refractivity (Wildman–Crippen MR) is 67.8 cm³/mol. The number of nitrogens with one attached hydrogen (secondary N) is 1. The molecule has 0 aliphatic carbocycles. The molecule has 5 nitrogen and oxygen atoms in total. The molecule has 0 aliphatic rings. The van der Waals surface area contributed by atoms with E-state index < -0.39 is 0 Å². The van der Waals surface area contributed by atoms with E-state index in [2.05, 4.69) is 34.2 Å². The van der Waals surface area contributed by atoms with Gasteiger partial charge in [-0.05, 0) is 26.8 Å². The van der Waals surface area contributed by atoms with E-state index in [-0.39, 0.29) is 0 Å². The van der Waals surface area contributed by atoms with E-state index in [4.69, 9.17) is 0 Å². The first-order valence-electron chi connectivity index (χ1n) is 5.85. The van der Waals surface area contributed by atoms with Crippen LogP contribution in [-0.4, -0.2) is 26.3 Å². The maximum absolute atomic E-state index is 4.36. The molecule has 17 heavy (non-hydrogen) atoms. The van der Waals surface area contributed by atoms with E-state index in [0.29, 0.717) is 0 Å². The maximum atomic E-state index is 4.36. The SMILES string of the molecule is CCNc1ncnc(-c2ccnn2CC)c1C. The third-order valence-corrected chi connectivity index (χ3v) is 2.69. The Morgan fingerprint density at radius 2 is 2.12 bits per heavy atom. The lowest BCUT2D eigenvalue weighted by Crippen LogP contribution is -2.06. The molecule has 2 heterocycles. The van der Waals surface area contributed by atoms with Crippen molar-refractivity contribution < 1.29 is 0 Å². The first kappa shape index (κ1) is 11.6. The number of hydrogen-bond donors (Lipinski definition) is 1. The smallest absolute Gasteiger partial charge is 0.132 e. The van der Waals surface area contributed by atoms with Crippen molar-refractivity contribution in [1.82, 2.24) is 19.7 Å². The van der Waals surface area contributed by atoms with Gasteiger partial charge in [-0.3, -0.25) is 4.68 Å². The number of anilines is 1. The van der Waals surface area contributed by atoms with Crippen LogP contribution < -0.4 is 5.32 Å². The fraction of sp³-hybridized carbons (Fsp3) is 0.417. The van der Waals surface area contributed by atoms with E-state index >= 15 is 0 Å². The van der Waals surface area contributed by atoms with E-state index in [9.17, 15) is 0 Å². The summed E-state index contributed by atoms with van der Waals surface area (Å²) in [5.74, 6) is 0.890. The van der Waals surface area contributed by atoms with Gasteiger partial charge in [0.25, 0.3) is 0 Å². The number of rotatable bonds is 4. The van der Waals surface area contributed by atoms with Crippen molar-refractivity contribution in [3.05, 3.63) is 24.2 Å². The average Bonchev–Trinajstić information content (AvgIpc) is 2.80. The Labute approximate surface area is 101 Å². The second kappa shape index (κ2) is 4.95. The maximum Gasteiger partial charge on any atom is 0.132 e. The van der Waals surface area contributed by atoms with Crippen molar-refractivity contribution in [3.8, 4) is 11.4 Å². The molecule has 0 aliphatic heterocycles. The second-order valence-electron chi connectivity index (χ2n) is 3.76. The normalized spacial score (nSPS) is 10.5. The molecular formula is C12H17N5. The molecule has 2 rings (SSSR count). The van der Waals surface area contributed by atoms with E-state index in [1.54, 1.807) is 12.5 Å². The highest BCUT2D eigenvalue weighted by molar-refractivity contribution is 5.64. The quantitative estimate of drug-likeness (QED) is 0.875. The van der Waals surface area contributed by atoms with Gasteiger partial charge in [-0.2, -0.15) is 5.10 Å². The molecule has 0 spiro atoms. The lowest BCUT2D eigenvalue weighted by atomic mass is 10.2. The first-order valence-corrected chi connectivity index (χ1v) is 5.85. The summed E-state index contributed by atoms with van der Waals surface area (Å²) in [5.41, 5.74) is 3.03. The van der Waals surface area contributed by atoms with Crippen molar-refractivity contribution in [1.29, 1.82) is 0 Å². The van der Waals surface area contributed by atoms with Gasteiger partial charge in [0, 0.05) is 24.8 Å². The Bertz CT molecular complexity index is 503. The predicted octanol–water partition coefficient (Wildman–Crippen LogP) is 2.10. The molecule has 5 heteroatoms. The van der Waals surface area contributed by atoms with Gasteiger partial charge in [0.05, 0.1) is 11.4 Å². The minimum atomic E-state index is 0.836. The lowest BCUT2D eigenvalue weighted by Gasteiger charge is -2.10. The summed E-state index contributed by atoms with van der Waals surface area (Å²) in [7, 11) is 0. The Balaban J connectivity index is 2.49. The summed E-state index contributed by atoms with van der Waals surface area (Å²) in [6.07, 6.45) is 3.39. The molecule has 0 aromatic carbocycles. The van der Waals surface area contributed by atoms with Gasteiger partial charge in [0.2, 0.25) is 0 Å². The van der Waals surface area contributed by atoms with Crippen molar-refractivity contribution in [3.63, 3.8) is 0 Å². The monoisotopic (exact) mass is 231 g/mol. The molecule has 2 aromatic rings. The first-order chi connectivity index (χ1) is 8.27. The summed E-state index contributed by atoms with van der Waals surface area (Å²) in [6, 6.07) is 1.98. The summed E-state index contributed by atoms with van der Waals surface area (Å²) >= 11 is 0. The summed E-state index contributed by atoms with van der Waals surface area (Å²) in [5, 5.41) is 7.50. The molecule has 0 atom stereocenters. The summed E-state index contributed by atoms with van der Waals surface area (Å²) in [6.45, 7) is 7.84. The zero-order valence-corrected chi connectivity index (χ0v) is 10.4. The highest BCUT2D eigenvalue weighted by atomic mass is 15.3. The Hall–Kier alpha value is -1.91. The molecule has 1 N–H and O–H groups in total. The van der Waals surface area contributed by atoms with E-state index in [1.807, 2.05) is 17.7 Å². The molecule has 0 unspecified atom stereocenters. The highest BCUT2D eigenvalue weighted by Crippen LogP contribution is 2.24. The second-order valence-corrected chi connectivity index (χ2v) is 3.76. The van der Waals surface area contributed by atoms with Gasteiger partial charge in [0.1, 0.15) is 12.1 Å². The number of aryl methyl sites for hydroxylation is 1. The summed E-state index contributed by atoms with van der Waals surface area (Å²) < 4.78 is 1.94. The Morgan fingerprint density at radius 1 is 1.29 bits per heavy atom. The number of aromatic nitrogens is 4. The van der Waals surface area contributed by atoms with Crippen LogP contribution in [0.1, 0.15) is 19.4 Å². The van der Waals surface area contributed by atoms with Crippen molar-refractivity contribution in [2.45, 2.75) is 27.3 Å². The van der Waals surface area contributed by atoms with Crippen LogP contribution >= 0.6 is 0 Å². The topological polar surface area (TPSA) is 55.6 Å². The van der Waals surface area contributed by atoms with E-state index in [1.165, 1.54) is 0 Å². The van der Waals surface area contributed by atoms with Crippen molar-refractivity contribution in [2.24, 2.45) is 0 Å². The molecule has 2 aromatic heterocycles. The van der Waals surface area contributed by atoms with Crippen LogP contribution in [0, 0.1) is 6.92 Å². The molecule has 0 saturated heterocycles. The van der Waals surface area contributed by atoms with Gasteiger partial charge < -0.3 is 5.32 Å². The third kappa shape index (κ3) is 2.13. The lowest BCUT2D eigenvalue weighted by molar-refractivity contribution is 0.665. The standard InChI is InChI=1S/C12H17N5/c1-4-13-12-9(3)11(14-8-15-12)10-6-7-16-17(10)5-2/h6-8H,4-5H2,1-3H3,(H,13,14,15). The van der Waals surface area contributed by atoms with Crippen LogP contribution in [0.4, 0.5) is 5.82 Å². The largest absolute Gasteiger partial charge is 0.370 e. The Kier molecular flexibility index (Phi) is 3.37. The molecular weight excluding hydrogens is 214 g/mol. The summed E-state index contributed by atoms with van der Waals surface area (Å²) in [4.78, 5) is 8.60. The van der Waals surface area contributed by atoms with E-state index in [0.717, 1.165) is 35.9 Å². The number of nitrogens with zero attached hydrogens (tertiary/aromatic N) is 4. The van der Waals surface area contributed by atoms with Crippen LogP contribution in [0.15, 0.2) is 18.6 Å². The molecule has 0 radical (unpaired) electrons.